The first-order valence-electron chi connectivity index (χ1n) is 10.1. The van der Waals surface area contributed by atoms with Gasteiger partial charge in [0.05, 0.1) is 5.69 Å². The van der Waals surface area contributed by atoms with Crippen LogP contribution in [0, 0.1) is 0 Å². The molecule has 1 aliphatic heterocycles. The third-order valence-electron chi connectivity index (χ3n) is 4.96. The van der Waals surface area contributed by atoms with Crippen molar-refractivity contribution < 1.29 is 14.3 Å². The first-order valence-corrected chi connectivity index (χ1v) is 10.1. The van der Waals surface area contributed by atoms with Gasteiger partial charge in [0.2, 0.25) is 5.91 Å². The standard InChI is InChI=1S/C23H28N2O3/c1-3-5-8-17-11-13-18(14-12-17)24-22(26)15-16-25-19-9-6-7-10-21(19)28-20(4-2)23(25)27/h6-7,9-14,20H,3-5,8,15-16H2,1-2H3,(H,24,26). The highest BCUT2D eigenvalue weighted by atomic mass is 16.5. The SMILES string of the molecule is CCCCc1ccc(NC(=O)CCN2C(=O)C(CC)Oc3ccccc32)cc1. The average Bonchev–Trinajstić information content (AvgIpc) is 2.72. The molecule has 2 aromatic rings. The van der Waals surface area contributed by atoms with Gasteiger partial charge in [-0.25, -0.2) is 0 Å². The highest BCUT2D eigenvalue weighted by Gasteiger charge is 2.33. The van der Waals surface area contributed by atoms with E-state index >= 15 is 0 Å². The molecule has 1 N–H and O–H groups in total. The lowest BCUT2D eigenvalue weighted by Gasteiger charge is -2.33. The molecule has 5 nitrogen and oxygen atoms in total. The Hall–Kier alpha value is -2.82. The van der Waals surface area contributed by atoms with Crippen molar-refractivity contribution in [2.75, 3.05) is 16.8 Å². The van der Waals surface area contributed by atoms with Gasteiger partial charge in [-0.2, -0.15) is 0 Å². The Labute approximate surface area is 166 Å². The van der Waals surface area contributed by atoms with Crippen LogP contribution in [0.1, 0.15) is 45.1 Å². The molecule has 0 saturated heterocycles. The monoisotopic (exact) mass is 380 g/mol. The number of unbranched alkanes of at least 4 members (excludes halogenated alkanes) is 1. The third kappa shape index (κ3) is 4.71. The van der Waals surface area contributed by atoms with Gasteiger partial charge in [-0.05, 0) is 49.1 Å². The Morgan fingerprint density at radius 3 is 2.57 bits per heavy atom. The van der Waals surface area contributed by atoms with Crippen LogP contribution in [-0.2, 0) is 16.0 Å². The van der Waals surface area contributed by atoms with Gasteiger partial charge in [-0.3, -0.25) is 9.59 Å². The highest BCUT2D eigenvalue weighted by Crippen LogP contribution is 2.34. The fourth-order valence-electron chi connectivity index (χ4n) is 3.34. The molecule has 1 heterocycles. The molecular weight excluding hydrogens is 352 g/mol. The Kier molecular flexibility index (Phi) is 6.69. The Bertz CT molecular complexity index is 817. The predicted octanol–water partition coefficient (Wildman–Crippen LogP) is 4.56. The lowest BCUT2D eigenvalue weighted by Crippen LogP contribution is -2.46. The van der Waals surface area contributed by atoms with Crippen molar-refractivity contribution in [3.05, 3.63) is 54.1 Å². The maximum Gasteiger partial charge on any atom is 0.268 e. The molecule has 0 bridgehead atoms. The first-order chi connectivity index (χ1) is 13.6. The summed E-state index contributed by atoms with van der Waals surface area (Å²) in [5.41, 5.74) is 2.79. The van der Waals surface area contributed by atoms with Crippen molar-refractivity contribution in [2.45, 2.75) is 52.1 Å². The van der Waals surface area contributed by atoms with Crippen LogP contribution < -0.4 is 15.0 Å². The van der Waals surface area contributed by atoms with Crippen molar-refractivity contribution in [1.82, 2.24) is 0 Å². The smallest absolute Gasteiger partial charge is 0.268 e. The third-order valence-corrected chi connectivity index (χ3v) is 4.96. The molecule has 148 valence electrons. The molecule has 2 amide bonds. The molecule has 0 spiro atoms. The number of aryl methyl sites for hydroxylation is 1. The predicted molar refractivity (Wildman–Crippen MR) is 112 cm³/mol. The number of fused-ring (bicyclic) bond motifs is 1. The van der Waals surface area contributed by atoms with E-state index < -0.39 is 6.10 Å². The molecule has 2 aromatic carbocycles. The zero-order valence-electron chi connectivity index (χ0n) is 16.6. The average molecular weight is 380 g/mol. The van der Waals surface area contributed by atoms with Crippen LogP contribution in [0.5, 0.6) is 5.75 Å². The van der Waals surface area contributed by atoms with Crippen molar-refractivity contribution in [1.29, 1.82) is 0 Å². The van der Waals surface area contributed by atoms with Gasteiger partial charge in [0.25, 0.3) is 5.91 Å². The minimum absolute atomic E-state index is 0.0886. The molecular formula is C23H28N2O3. The second-order valence-corrected chi connectivity index (χ2v) is 7.07. The van der Waals surface area contributed by atoms with Gasteiger partial charge < -0.3 is 15.0 Å². The summed E-state index contributed by atoms with van der Waals surface area (Å²) in [7, 11) is 0. The second-order valence-electron chi connectivity index (χ2n) is 7.07. The van der Waals surface area contributed by atoms with E-state index in [-0.39, 0.29) is 18.2 Å². The quantitative estimate of drug-likeness (QED) is 0.730. The number of hydrogen-bond acceptors (Lipinski definition) is 3. The molecule has 0 saturated carbocycles. The van der Waals surface area contributed by atoms with E-state index in [0.29, 0.717) is 18.7 Å². The summed E-state index contributed by atoms with van der Waals surface area (Å²) in [6, 6.07) is 15.4. The van der Waals surface area contributed by atoms with Crippen molar-refractivity contribution in [3.8, 4) is 5.75 Å². The van der Waals surface area contributed by atoms with Crippen LogP contribution in [0.4, 0.5) is 11.4 Å². The van der Waals surface area contributed by atoms with Crippen LogP contribution >= 0.6 is 0 Å². The lowest BCUT2D eigenvalue weighted by molar-refractivity contribution is -0.126. The number of nitrogens with zero attached hydrogens (tertiary/aromatic N) is 1. The summed E-state index contributed by atoms with van der Waals surface area (Å²) in [5.74, 6) is 0.498. The molecule has 0 aliphatic carbocycles. The molecule has 1 aliphatic rings. The Morgan fingerprint density at radius 1 is 1.11 bits per heavy atom. The van der Waals surface area contributed by atoms with E-state index in [4.69, 9.17) is 4.74 Å². The van der Waals surface area contributed by atoms with E-state index in [1.54, 1.807) is 4.90 Å². The Balaban J connectivity index is 1.60. The number of hydrogen-bond donors (Lipinski definition) is 1. The molecule has 5 heteroatoms. The maximum atomic E-state index is 12.7. The topological polar surface area (TPSA) is 58.6 Å². The number of para-hydroxylation sites is 2. The van der Waals surface area contributed by atoms with E-state index in [9.17, 15) is 9.59 Å². The second kappa shape index (κ2) is 9.40. The highest BCUT2D eigenvalue weighted by molar-refractivity contribution is 6.01. The van der Waals surface area contributed by atoms with E-state index in [0.717, 1.165) is 17.8 Å². The van der Waals surface area contributed by atoms with E-state index in [2.05, 4.69) is 24.4 Å². The Morgan fingerprint density at radius 2 is 1.86 bits per heavy atom. The fourth-order valence-corrected chi connectivity index (χ4v) is 3.34. The number of nitrogens with one attached hydrogen (secondary N) is 1. The summed E-state index contributed by atoms with van der Waals surface area (Å²) in [6.07, 6.45) is 3.73. The number of benzene rings is 2. The molecule has 0 fully saturated rings. The fraction of sp³-hybridized carbons (Fsp3) is 0.391. The van der Waals surface area contributed by atoms with Crippen molar-refractivity contribution in [3.63, 3.8) is 0 Å². The summed E-state index contributed by atoms with van der Waals surface area (Å²) >= 11 is 0. The molecule has 1 atom stereocenters. The number of anilines is 2. The summed E-state index contributed by atoms with van der Waals surface area (Å²) in [4.78, 5) is 26.8. The zero-order chi connectivity index (χ0) is 19.9. The van der Waals surface area contributed by atoms with Gasteiger partial charge >= 0.3 is 0 Å². The van der Waals surface area contributed by atoms with E-state index in [1.807, 2.05) is 43.3 Å². The molecule has 28 heavy (non-hydrogen) atoms. The molecule has 1 unspecified atom stereocenters. The zero-order valence-corrected chi connectivity index (χ0v) is 16.6. The van der Waals surface area contributed by atoms with Crippen LogP contribution in [-0.4, -0.2) is 24.5 Å². The number of carbonyl (C=O) groups excluding carboxylic acids is 2. The minimum atomic E-state index is -0.492. The van der Waals surface area contributed by atoms with E-state index in [1.165, 1.54) is 18.4 Å². The van der Waals surface area contributed by atoms with Crippen molar-refractivity contribution >= 4 is 23.2 Å². The first kappa shape index (κ1) is 19.9. The van der Waals surface area contributed by atoms with Crippen LogP contribution in [0.25, 0.3) is 0 Å². The summed E-state index contributed by atoms with van der Waals surface area (Å²) in [5, 5.41) is 2.92. The minimum Gasteiger partial charge on any atom is -0.478 e. The maximum absolute atomic E-state index is 12.7. The number of rotatable bonds is 8. The van der Waals surface area contributed by atoms with Gasteiger partial charge in [-0.15, -0.1) is 0 Å². The van der Waals surface area contributed by atoms with Gasteiger partial charge in [-0.1, -0.05) is 44.5 Å². The van der Waals surface area contributed by atoms with Crippen molar-refractivity contribution in [2.24, 2.45) is 0 Å². The summed E-state index contributed by atoms with van der Waals surface area (Å²) < 4.78 is 5.77. The normalized spacial score (nSPS) is 15.7. The van der Waals surface area contributed by atoms with Gasteiger partial charge in [0.15, 0.2) is 6.10 Å². The van der Waals surface area contributed by atoms with Gasteiger partial charge in [0, 0.05) is 18.7 Å². The van der Waals surface area contributed by atoms with Crippen LogP contribution in [0.3, 0.4) is 0 Å². The molecule has 3 rings (SSSR count). The molecule has 0 radical (unpaired) electrons. The van der Waals surface area contributed by atoms with Crippen LogP contribution in [0.15, 0.2) is 48.5 Å². The number of carbonyl (C=O) groups is 2. The molecule has 0 aromatic heterocycles. The lowest BCUT2D eigenvalue weighted by atomic mass is 10.1. The van der Waals surface area contributed by atoms with Crippen LogP contribution in [0.2, 0.25) is 0 Å². The van der Waals surface area contributed by atoms with Gasteiger partial charge in [0.1, 0.15) is 5.75 Å². The summed E-state index contributed by atoms with van der Waals surface area (Å²) in [6.45, 7) is 4.43. The number of ether oxygens (including phenoxy) is 1. The largest absolute Gasteiger partial charge is 0.478 e. The number of amides is 2.